The van der Waals surface area contributed by atoms with E-state index in [1.807, 2.05) is 36.4 Å². The van der Waals surface area contributed by atoms with E-state index >= 15 is 0 Å². The first-order valence-electron chi connectivity index (χ1n) is 13.0. The van der Waals surface area contributed by atoms with Crippen molar-refractivity contribution in [2.24, 2.45) is 5.73 Å². The van der Waals surface area contributed by atoms with Gasteiger partial charge in [-0.1, -0.05) is 55.0 Å². The largest absolute Gasteiger partial charge is 0.398 e. The van der Waals surface area contributed by atoms with Gasteiger partial charge in [-0.3, -0.25) is 9.59 Å². The highest BCUT2D eigenvalue weighted by Gasteiger charge is 2.23. The van der Waals surface area contributed by atoms with Gasteiger partial charge >= 0.3 is 0 Å². The molecule has 1 aliphatic heterocycles. The number of piperidine rings is 1. The Morgan fingerprint density at radius 1 is 0.895 bits per heavy atom. The zero-order valence-electron chi connectivity index (χ0n) is 21.3. The highest BCUT2D eigenvalue weighted by atomic mass is 16.1. The predicted molar refractivity (Wildman–Crippen MR) is 150 cm³/mol. The van der Waals surface area contributed by atoms with Crippen molar-refractivity contribution in [2.75, 3.05) is 30.7 Å². The number of amides is 1. The number of nitrogen functional groups attached to an aromatic ring is 1. The fraction of sp³-hybridized carbons (Fsp3) is 0.267. The number of anilines is 2. The Balaban J connectivity index is 1.52. The number of hydrogen-bond acceptors (Lipinski definition) is 7. The maximum absolute atomic E-state index is 13.3. The number of para-hydroxylation sites is 2. The number of nitrogens with two attached hydrogens (primary N) is 2. The molecule has 2 heterocycles. The normalized spacial score (nSPS) is 14.7. The van der Waals surface area contributed by atoms with Crippen LogP contribution in [0.5, 0.6) is 0 Å². The molecule has 1 unspecified atom stereocenters. The maximum atomic E-state index is 13.3. The number of fused-ring (bicyclic) bond motifs is 1. The van der Waals surface area contributed by atoms with Gasteiger partial charge in [-0.05, 0) is 56.1 Å². The number of hydrogen-bond donors (Lipinski definition) is 3. The van der Waals surface area contributed by atoms with E-state index in [0.717, 1.165) is 31.6 Å². The molecule has 1 aromatic heterocycles. The van der Waals surface area contributed by atoms with Crippen LogP contribution in [0, 0.1) is 0 Å². The fourth-order valence-electron chi connectivity index (χ4n) is 5.20. The number of nitrogens with zero attached hydrogens (tertiary/aromatic N) is 3. The van der Waals surface area contributed by atoms with Crippen LogP contribution in [0.15, 0.2) is 73.1 Å². The highest BCUT2D eigenvalue weighted by molar-refractivity contribution is 6.12. The Kier molecular flexibility index (Phi) is 7.60. The number of carbonyl (C=O) groups excluding carboxylic acids is 2. The van der Waals surface area contributed by atoms with E-state index in [0.29, 0.717) is 39.1 Å². The molecule has 194 valence electrons. The van der Waals surface area contributed by atoms with Crippen LogP contribution < -0.4 is 16.8 Å². The Labute approximate surface area is 222 Å². The van der Waals surface area contributed by atoms with E-state index < -0.39 is 5.91 Å². The second-order valence-corrected chi connectivity index (χ2v) is 9.68. The third kappa shape index (κ3) is 5.35. The number of rotatable bonds is 9. The summed E-state index contributed by atoms with van der Waals surface area (Å²) in [5.74, 6) is -0.0717. The minimum Gasteiger partial charge on any atom is -0.398 e. The summed E-state index contributed by atoms with van der Waals surface area (Å²) in [5.41, 5.74) is 15.5. The topological polar surface area (TPSA) is 127 Å². The third-order valence-corrected chi connectivity index (χ3v) is 7.22. The van der Waals surface area contributed by atoms with Gasteiger partial charge < -0.3 is 21.7 Å². The zero-order valence-corrected chi connectivity index (χ0v) is 21.3. The number of aromatic nitrogens is 2. The number of likely N-dealkylation sites (tertiary alicyclic amines) is 1. The van der Waals surface area contributed by atoms with Crippen LogP contribution in [0.3, 0.4) is 0 Å². The summed E-state index contributed by atoms with van der Waals surface area (Å²) < 4.78 is 0. The van der Waals surface area contributed by atoms with Gasteiger partial charge in [0.2, 0.25) is 0 Å². The minimum absolute atomic E-state index is 0.113. The first kappa shape index (κ1) is 25.4. The average Bonchev–Trinajstić information content (AvgIpc) is 2.96. The standard InChI is InChI=1S/C30H32N6O2/c31-26-21(11-7-12-22(26)28(37)20-9-3-1-4-10-20)25(15-18-36-16-5-2-6-17-36)35-30-24-14-8-13-23(29(32)38)27(24)33-19-34-30/h1,3-4,7-14,19,25H,2,5-6,15-18,31H2,(H2,32,38)(H,33,34,35). The molecule has 38 heavy (non-hydrogen) atoms. The molecule has 3 aromatic carbocycles. The van der Waals surface area contributed by atoms with Crippen LogP contribution >= 0.6 is 0 Å². The van der Waals surface area contributed by atoms with Crippen LogP contribution in [0.25, 0.3) is 10.9 Å². The van der Waals surface area contributed by atoms with Crippen molar-refractivity contribution in [3.05, 3.63) is 95.3 Å². The molecular formula is C30H32N6O2. The van der Waals surface area contributed by atoms with Crippen molar-refractivity contribution < 1.29 is 9.59 Å². The van der Waals surface area contributed by atoms with E-state index in [-0.39, 0.29) is 11.8 Å². The lowest BCUT2D eigenvalue weighted by molar-refractivity contribution is 0.1000. The summed E-state index contributed by atoms with van der Waals surface area (Å²) in [6.07, 6.45) is 5.86. The average molecular weight is 509 g/mol. The predicted octanol–water partition coefficient (Wildman–Crippen LogP) is 4.57. The summed E-state index contributed by atoms with van der Waals surface area (Å²) in [6, 6.07) is 19.8. The van der Waals surface area contributed by atoms with Crippen LogP contribution in [-0.4, -0.2) is 46.2 Å². The van der Waals surface area contributed by atoms with Crippen LogP contribution in [-0.2, 0) is 0 Å². The molecule has 4 aromatic rings. The quantitative estimate of drug-likeness (QED) is 0.223. The van der Waals surface area contributed by atoms with Crippen LogP contribution in [0.2, 0.25) is 0 Å². The Hall–Kier alpha value is -4.30. The summed E-state index contributed by atoms with van der Waals surface area (Å²) in [4.78, 5) is 36.6. The smallest absolute Gasteiger partial charge is 0.250 e. The van der Waals surface area contributed by atoms with Crippen molar-refractivity contribution in [3.8, 4) is 0 Å². The van der Waals surface area contributed by atoms with Crippen molar-refractivity contribution in [3.63, 3.8) is 0 Å². The fourth-order valence-corrected chi connectivity index (χ4v) is 5.20. The number of nitrogens with one attached hydrogen (secondary N) is 1. The molecule has 0 radical (unpaired) electrons. The molecule has 1 saturated heterocycles. The van der Waals surface area contributed by atoms with E-state index in [1.54, 1.807) is 30.3 Å². The van der Waals surface area contributed by atoms with E-state index in [2.05, 4.69) is 20.2 Å². The Bertz CT molecular complexity index is 1450. The van der Waals surface area contributed by atoms with Crippen molar-refractivity contribution >= 4 is 34.1 Å². The molecule has 0 spiro atoms. The molecule has 1 aliphatic rings. The van der Waals surface area contributed by atoms with Gasteiger partial charge in [-0.15, -0.1) is 0 Å². The van der Waals surface area contributed by atoms with Crippen LogP contribution in [0.4, 0.5) is 11.5 Å². The van der Waals surface area contributed by atoms with Gasteiger partial charge in [0.05, 0.1) is 17.1 Å². The summed E-state index contributed by atoms with van der Waals surface area (Å²) in [6.45, 7) is 3.03. The Morgan fingerprint density at radius 2 is 1.63 bits per heavy atom. The van der Waals surface area contributed by atoms with Gasteiger partial charge in [0, 0.05) is 28.7 Å². The first-order valence-corrected chi connectivity index (χ1v) is 13.0. The van der Waals surface area contributed by atoms with Gasteiger partial charge in [0.1, 0.15) is 12.1 Å². The maximum Gasteiger partial charge on any atom is 0.250 e. The van der Waals surface area contributed by atoms with E-state index in [1.165, 1.54) is 25.6 Å². The molecule has 1 atom stereocenters. The second kappa shape index (κ2) is 11.4. The molecule has 0 saturated carbocycles. The zero-order chi connectivity index (χ0) is 26.5. The molecule has 8 heteroatoms. The number of benzene rings is 3. The summed E-state index contributed by atoms with van der Waals surface area (Å²) in [5, 5.41) is 4.27. The van der Waals surface area contributed by atoms with Crippen molar-refractivity contribution in [1.29, 1.82) is 0 Å². The Morgan fingerprint density at radius 3 is 2.39 bits per heavy atom. The molecule has 0 bridgehead atoms. The number of ketones is 1. The molecule has 1 amide bonds. The van der Waals surface area contributed by atoms with E-state index in [4.69, 9.17) is 11.5 Å². The SMILES string of the molecule is NC(=O)c1cccc2c(NC(CCN3CCCCC3)c3cccc(C(=O)c4ccccc4)c3N)ncnc12. The van der Waals surface area contributed by atoms with Crippen molar-refractivity contribution in [1.82, 2.24) is 14.9 Å². The monoisotopic (exact) mass is 508 g/mol. The summed E-state index contributed by atoms with van der Waals surface area (Å²) in [7, 11) is 0. The number of carbonyl (C=O) groups is 2. The van der Waals surface area contributed by atoms with E-state index in [9.17, 15) is 9.59 Å². The lowest BCUT2D eigenvalue weighted by Gasteiger charge is -2.29. The molecule has 8 nitrogen and oxygen atoms in total. The third-order valence-electron chi connectivity index (χ3n) is 7.22. The molecule has 5 N–H and O–H groups in total. The van der Waals surface area contributed by atoms with Gasteiger partial charge in [0.15, 0.2) is 5.78 Å². The molecule has 0 aliphatic carbocycles. The van der Waals surface area contributed by atoms with Crippen molar-refractivity contribution in [2.45, 2.75) is 31.7 Å². The number of primary amides is 1. The molecular weight excluding hydrogens is 476 g/mol. The minimum atomic E-state index is -0.543. The first-order chi connectivity index (χ1) is 18.5. The molecule has 1 fully saturated rings. The second-order valence-electron chi connectivity index (χ2n) is 9.68. The summed E-state index contributed by atoms with van der Waals surface area (Å²) >= 11 is 0. The lowest BCUT2D eigenvalue weighted by Crippen LogP contribution is -2.32. The van der Waals surface area contributed by atoms with Gasteiger partial charge in [0.25, 0.3) is 5.91 Å². The highest BCUT2D eigenvalue weighted by Crippen LogP contribution is 2.33. The molecule has 5 rings (SSSR count). The lowest BCUT2D eigenvalue weighted by atomic mass is 9.94. The van der Waals surface area contributed by atoms with Gasteiger partial charge in [-0.25, -0.2) is 9.97 Å². The van der Waals surface area contributed by atoms with Gasteiger partial charge in [-0.2, -0.15) is 0 Å². The van der Waals surface area contributed by atoms with Crippen LogP contribution in [0.1, 0.15) is 63.6 Å².